The maximum Gasteiger partial charge on any atom is 0.248 e. The summed E-state index contributed by atoms with van der Waals surface area (Å²) in [5, 5.41) is 16.5. The van der Waals surface area contributed by atoms with Crippen LogP contribution in [-0.4, -0.2) is 62.6 Å². The van der Waals surface area contributed by atoms with Gasteiger partial charge >= 0.3 is 0 Å². The fourth-order valence-electron chi connectivity index (χ4n) is 5.76. The summed E-state index contributed by atoms with van der Waals surface area (Å²) in [6.07, 6.45) is 2.13. The van der Waals surface area contributed by atoms with Crippen LogP contribution in [0.2, 0.25) is 0 Å². The number of ether oxygens (including phenoxy) is 2. The molecule has 37 heavy (non-hydrogen) atoms. The van der Waals surface area contributed by atoms with Crippen molar-refractivity contribution in [3.05, 3.63) is 23.4 Å². The molecule has 8 nitrogen and oxygen atoms in total. The van der Waals surface area contributed by atoms with Crippen molar-refractivity contribution in [2.24, 2.45) is 0 Å². The first-order valence-corrected chi connectivity index (χ1v) is 14.0. The van der Waals surface area contributed by atoms with Gasteiger partial charge in [0.25, 0.3) is 0 Å². The fraction of sp³-hybridized carbons (Fsp3) is 0.654. The summed E-state index contributed by atoms with van der Waals surface area (Å²) < 4.78 is 47.3. The number of halogens is 2. The molecular formula is C26H33F2N5O3S. The van der Waals surface area contributed by atoms with Crippen molar-refractivity contribution in [1.29, 1.82) is 0 Å². The molecule has 2 aliphatic heterocycles. The molecule has 1 unspecified atom stereocenters. The van der Waals surface area contributed by atoms with E-state index in [1.165, 1.54) is 11.5 Å². The quantitative estimate of drug-likeness (QED) is 0.494. The van der Waals surface area contributed by atoms with Crippen molar-refractivity contribution in [1.82, 2.24) is 19.1 Å². The van der Waals surface area contributed by atoms with Gasteiger partial charge in [0, 0.05) is 31.6 Å². The van der Waals surface area contributed by atoms with Crippen molar-refractivity contribution in [3.63, 3.8) is 0 Å². The Bertz CT molecular complexity index is 1280. The Kier molecular flexibility index (Phi) is 6.45. The zero-order valence-electron chi connectivity index (χ0n) is 21.3. The van der Waals surface area contributed by atoms with Gasteiger partial charge in [0.05, 0.1) is 40.9 Å². The molecule has 11 heteroatoms. The third kappa shape index (κ3) is 4.64. The molecule has 3 aliphatic rings. The van der Waals surface area contributed by atoms with Gasteiger partial charge in [-0.05, 0) is 69.6 Å². The Morgan fingerprint density at radius 1 is 1.14 bits per heavy atom. The lowest BCUT2D eigenvalue weighted by Gasteiger charge is -2.38. The van der Waals surface area contributed by atoms with E-state index in [0.717, 1.165) is 35.4 Å². The monoisotopic (exact) mass is 533 g/mol. The number of anilines is 1. The molecule has 1 saturated carbocycles. The van der Waals surface area contributed by atoms with E-state index in [9.17, 15) is 13.9 Å². The van der Waals surface area contributed by atoms with Crippen molar-refractivity contribution >= 4 is 27.6 Å². The maximum absolute atomic E-state index is 14.1. The molecule has 2 atom stereocenters. The molecule has 1 N–H and O–H groups in total. The lowest BCUT2D eigenvalue weighted by atomic mass is 9.78. The molecule has 5 heterocycles. The molecular weight excluding hydrogens is 500 g/mol. The number of morpholine rings is 1. The first-order chi connectivity index (χ1) is 17.7. The molecule has 6 rings (SSSR count). The van der Waals surface area contributed by atoms with Crippen LogP contribution in [0.25, 0.3) is 21.6 Å². The van der Waals surface area contributed by atoms with Gasteiger partial charge in [0.15, 0.2) is 6.23 Å². The molecule has 0 spiro atoms. The van der Waals surface area contributed by atoms with Gasteiger partial charge in [0.1, 0.15) is 17.0 Å². The van der Waals surface area contributed by atoms with Gasteiger partial charge < -0.3 is 19.5 Å². The summed E-state index contributed by atoms with van der Waals surface area (Å²) in [5.41, 5.74) is 2.31. The molecule has 1 aliphatic carbocycles. The fourth-order valence-corrected chi connectivity index (χ4v) is 6.70. The standard InChI is InChI=1S/C26H33F2N5O3S/c1-16-13-19(33(30-16)21-5-3-4-11-36-21)22-23-24(37-31-22)18(25(34)6-8-26(27,28)9-7-25)14-20(29-23)32-10-12-35-15-17(32)2/h13-14,17,21,34H,3-12,15H2,1-2H3/t17-,21?/m1/s1. The first kappa shape index (κ1) is 25.1. The second-order valence-electron chi connectivity index (χ2n) is 10.7. The molecule has 3 aromatic heterocycles. The van der Waals surface area contributed by atoms with Gasteiger partial charge in [-0.25, -0.2) is 18.4 Å². The lowest BCUT2D eigenvalue weighted by molar-refractivity contribution is -0.106. The van der Waals surface area contributed by atoms with Crippen LogP contribution in [0.5, 0.6) is 0 Å². The van der Waals surface area contributed by atoms with E-state index in [2.05, 4.69) is 11.8 Å². The van der Waals surface area contributed by atoms with E-state index in [-0.39, 0.29) is 38.0 Å². The smallest absolute Gasteiger partial charge is 0.248 e. The number of aryl methyl sites for hydroxylation is 1. The molecule has 200 valence electrons. The number of hydrogen-bond donors (Lipinski definition) is 1. The zero-order chi connectivity index (χ0) is 25.8. The van der Waals surface area contributed by atoms with Crippen LogP contribution in [0.1, 0.15) is 69.4 Å². The van der Waals surface area contributed by atoms with E-state index in [1.807, 2.05) is 23.7 Å². The Balaban J connectivity index is 1.51. The van der Waals surface area contributed by atoms with Crippen LogP contribution in [0.3, 0.4) is 0 Å². The molecule has 3 fully saturated rings. The zero-order valence-corrected chi connectivity index (χ0v) is 22.1. The molecule has 0 aromatic carbocycles. The molecule has 0 amide bonds. The van der Waals surface area contributed by atoms with E-state index < -0.39 is 11.5 Å². The topological polar surface area (TPSA) is 85.5 Å². The first-order valence-electron chi connectivity index (χ1n) is 13.2. The number of hydrogen-bond acceptors (Lipinski definition) is 8. The Morgan fingerprint density at radius 3 is 2.68 bits per heavy atom. The third-order valence-electron chi connectivity index (χ3n) is 7.91. The van der Waals surface area contributed by atoms with Crippen molar-refractivity contribution < 1.29 is 23.4 Å². The van der Waals surface area contributed by atoms with Crippen molar-refractivity contribution in [2.75, 3.05) is 31.3 Å². The Morgan fingerprint density at radius 2 is 1.95 bits per heavy atom. The van der Waals surface area contributed by atoms with E-state index in [1.54, 1.807) is 0 Å². The second kappa shape index (κ2) is 9.52. The molecule has 0 bridgehead atoms. The van der Waals surface area contributed by atoms with E-state index >= 15 is 0 Å². The summed E-state index contributed by atoms with van der Waals surface area (Å²) in [5.74, 6) is -2.04. The predicted molar refractivity (Wildman–Crippen MR) is 137 cm³/mol. The highest BCUT2D eigenvalue weighted by atomic mass is 32.1. The average molecular weight is 534 g/mol. The number of alkyl halides is 2. The molecule has 2 saturated heterocycles. The van der Waals surface area contributed by atoms with Gasteiger partial charge in [-0.15, -0.1) is 0 Å². The number of aromatic nitrogens is 4. The highest BCUT2D eigenvalue weighted by Gasteiger charge is 2.45. The highest BCUT2D eigenvalue weighted by molar-refractivity contribution is 7.13. The SMILES string of the molecule is Cc1cc(-c2nsc3c(C4(O)CCC(F)(F)CC4)cc(N4CCOC[C@H]4C)nc23)n(C2CCCCO2)n1. The molecule has 3 aromatic rings. The lowest BCUT2D eigenvalue weighted by Crippen LogP contribution is -2.44. The van der Waals surface area contributed by atoms with Crippen molar-refractivity contribution in [3.8, 4) is 11.4 Å². The summed E-state index contributed by atoms with van der Waals surface area (Å²) in [7, 11) is 0. The number of nitrogens with zero attached hydrogens (tertiary/aromatic N) is 5. The predicted octanol–water partition coefficient (Wildman–Crippen LogP) is 5.18. The van der Waals surface area contributed by atoms with Crippen LogP contribution in [0.4, 0.5) is 14.6 Å². The van der Waals surface area contributed by atoms with Gasteiger partial charge in [-0.3, -0.25) is 0 Å². The minimum Gasteiger partial charge on any atom is -0.385 e. The highest BCUT2D eigenvalue weighted by Crippen LogP contribution is 2.48. The number of fused-ring (bicyclic) bond motifs is 1. The third-order valence-corrected chi connectivity index (χ3v) is 8.78. The van der Waals surface area contributed by atoms with Crippen LogP contribution in [-0.2, 0) is 15.1 Å². The summed E-state index contributed by atoms with van der Waals surface area (Å²) in [4.78, 5) is 7.24. The Labute approximate surface area is 218 Å². The average Bonchev–Trinajstić information content (AvgIpc) is 3.49. The summed E-state index contributed by atoms with van der Waals surface area (Å²) in [6.45, 7) is 6.53. The normalized spacial score (nSPS) is 26.0. The summed E-state index contributed by atoms with van der Waals surface area (Å²) in [6, 6.07) is 3.98. The minimum atomic E-state index is -2.75. The summed E-state index contributed by atoms with van der Waals surface area (Å²) >= 11 is 1.26. The maximum atomic E-state index is 14.1. The van der Waals surface area contributed by atoms with Crippen LogP contribution in [0, 0.1) is 6.92 Å². The van der Waals surface area contributed by atoms with Gasteiger partial charge in [0.2, 0.25) is 5.92 Å². The van der Waals surface area contributed by atoms with Gasteiger partial charge in [-0.2, -0.15) is 9.47 Å². The van der Waals surface area contributed by atoms with Crippen LogP contribution >= 0.6 is 11.5 Å². The van der Waals surface area contributed by atoms with E-state index in [0.29, 0.717) is 49.0 Å². The van der Waals surface area contributed by atoms with Gasteiger partial charge in [-0.1, -0.05) is 0 Å². The number of rotatable bonds is 4. The van der Waals surface area contributed by atoms with Crippen LogP contribution in [0.15, 0.2) is 12.1 Å². The second-order valence-corrected chi connectivity index (χ2v) is 11.5. The molecule has 0 radical (unpaired) electrons. The van der Waals surface area contributed by atoms with E-state index in [4.69, 9.17) is 23.9 Å². The number of aliphatic hydroxyl groups is 1. The Hall–Kier alpha value is -2.21. The minimum absolute atomic E-state index is 0.00257. The van der Waals surface area contributed by atoms with Crippen molar-refractivity contribution in [2.45, 2.75) is 82.6 Å². The largest absolute Gasteiger partial charge is 0.385 e. The van der Waals surface area contributed by atoms with Crippen LogP contribution < -0.4 is 4.90 Å². The number of pyridine rings is 1.